The van der Waals surface area contributed by atoms with Crippen LogP contribution in [0.4, 0.5) is 0 Å². The Bertz CT molecular complexity index is 973. The van der Waals surface area contributed by atoms with Crippen LogP contribution in [-0.4, -0.2) is 74.8 Å². The lowest BCUT2D eigenvalue weighted by molar-refractivity contribution is -0.132. The maximum absolute atomic E-state index is 12.6. The molecule has 0 unspecified atom stereocenters. The van der Waals surface area contributed by atoms with Crippen LogP contribution in [0.25, 0.3) is 0 Å². The first-order chi connectivity index (χ1) is 14.1. The zero-order valence-electron chi connectivity index (χ0n) is 18.3. The van der Waals surface area contributed by atoms with E-state index in [1.54, 1.807) is 10.5 Å². The summed E-state index contributed by atoms with van der Waals surface area (Å²) in [6.07, 6.45) is 6.56. The third-order valence-electron chi connectivity index (χ3n) is 5.78. The first kappa shape index (κ1) is 22.5. The average molecular weight is 437 g/mol. The highest BCUT2D eigenvalue weighted by Gasteiger charge is 2.31. The smallest absolute Gasteiger partial charge is 0.224 e. The molecule has 3 rings (SSSR count). The largest absolute Gasteiger partial charge is 0.343 e. The molecule has 0 aromatic carbocycles. The van der Waals surface area contributed by atoms with E-state index in [9.17, 15) is 13.2 Å². The minimum atomic E-state index is -3.33. The van der Waals surface area contributed by atoms with Gasteiger partial charge in [-0.05, 0) is 39.7 Å². The number of carbonyl (C=O) groups excluding carboxylic acids is 1. The fraction of sp³-hybridized carbons (Fsp3) is 0.650. The van der Waals surface area contributed by atoms with Gasteiger partial charge in [0.15, 0.2) is 0 Å². The van der Waals surface area contributed by atoms with Crippen molar-refractivity contribution in [3.05, 3.63) is 35.7 Å². The van der Waals surface area contributed by atoms with Gasteiger partial charge in [-0.2, -0.15) is 9.40 Å². The standard InChI is InChI=1S/C20H32N6O3S/c1-16-15-17(2)25(22-16)11-7-20(27)24-9-5-19(6-10-24)26(30(4,28)29)14-13-23-12-8-21-18(23)3/h8,12,15,19H,5-7,9-11,13-14H2,1-4H3. The molecule has 0 aliphatic carbocycles. The van der Waals surface area contributed by atoms with Crippen LogP contribution in [0.1, 0.15) is 36.5 Å². The van der Waals surface area contributed by atoms with E-state index in [-0.39, 0.29) is 11.9 Å². The number of hydrogen-bond donors (Lipinski definition) is 0. The van der Waals surface area contributed by atoms with Crippen LogP contribution in [-0.2, 0) is 27.9 Å². The van der Waals surface area contributed by atoms with Gasteiger partial charge in [0, 0.05) is 63.3 Å². The second-order valence-electron chi connectivity index (χ2n) is 8.05. The van der Waals surface area contributed by atoms with Gasteiger partial charge < -0.3 is 9.47 Å². The van der Waals surface area contributed by atoms with Gasteiger partial charge >= 0.3 is 0 Å². The molecule has 1 aliphatic heterocycles. The lowest BCUT2D eigenvalue weighted by Gasteiger charge is -2.37. The van der Waals surface area contributed by atoms with Crippen molar-refractivity contribution < 1.29 is 13.2 Å². The van der Waals surface area contributed by atoms with Gasteiger partial charge in [0.25, 0.3) is 0 Å². The third-order valence-corrected chi connectivity index (χ3v) is 7.11. The Labute approximate surface area is 178 Å². The molecule has 9 nitrogen and oxygen atoms in total. The molecule has 1 saturated heterocycles. The lowest BCUT2D eigenvalue weighted by atomic mass is 10.0. The third kappa shape index (κ3) is 5.48. The SMILES string of the molecule is Cc1cc(C)n(CCC(=O)N2CCC(N(CCn3ccnc3C)S(C)(=O)=O)CC2)n1. The summed E-state index contributed by atoms with van der Waals surface area (Å²) in [5, 5.41) is 4.40. The van der Waals surface area contributed by atoms with E-state index in [4.69, 9.17) is 0 Å². The Morgan fingerprint density at radius 3 is 2.43 bits per heavy atom. The van der Waals surface area contributed by atoms with Gasteiger partial charge in [-0.3, -0.25) is 9.48 Å². The minimum Gasteiger partial charge on any atom is -0.343 e. The number of aromatic nitrogens is 4. The zero-order valence-corrected chi connectivity index (χ0v) is 19.1. The summed E-state index contributed by atoms with van der Waals surface area (Å²) in [6.45, 7) is 8.54. The molecule has 2 aromatic rings. The number of amides is 1. The molecule has 10 heteroatoms. The average Bonchev–Trinajstić information content (AvgIpc) is 3.23. The fourth-order valence-electron chi connectivity index (χ4n) is 4.13. The number of hydrogen-bond acceptors (Lipinski definition) is 5. The van der Waals surface area contributed by atoms with Crippen LogP contribution in [0.3, 0.4) is 0 Å². The fourth-order valence-corrected chi connectivity index (χ4v) is 5.30. The molecule has 3 heterocycles. The van der Waals surface area contributed by atoms with Gasteiger partial charge in [-0.15, -0.1) is 0 Å². The van der Waals surface area contributed by atoms with E-state index >= 15 is 0 Å². The summed E-state index contributed by atoms with van der Waals surface area (Å²) < 4.78 is 30.2. The predicted octanol–water partition coefficient (Wildman–Crippen LogP) is 1.35. The molecule has 30 heavy (non-hydrogen) atoms. The van der Waals surface area contributed by atoms with Gasteiger partial charge in [-0.25, -0.2) is 13.4 Å². The lowest BCUT2D eigenvalue weighted by Crippen LogP contribution is -2.49. The molecular formula is C20H32N6O3S. The Morgan fingerprint density at radius 2 is 1.90 bits per heavy atom. The highest BCUT2D eigenvalue weighted by molar-refractivity contribution is 7.88. The quantitative estimate of drug-likeness (QED) is 0.623. The van der Waals surface area contributed by atoms with Gasteiger partial charge in [0.2, 0.25) is 15.9 Å². The van der Waals surface area contributed by atoms with Crippen LogP contribution in [0.2, 0.25) is 0 Å². The topological polar surface area (TPSA) is 93.3 Å². The molecule has 0 bridgehead atoms. The van der Waals surface area contributed by atoms with E-state index < -0.39 is 10.0 Å². The van der Waals surface area contributed by atoms with Crippen LogP contribution >= 0.6 is 0 Å². The summed E-state index contributed by atoms with van der Waals surface area (Å²) in [6, 6.07) is 1.92. The highest BCUT2D eigenvalue weighted by atomic mass is 32.2. The summed E-state index contributed by atoms with van der Waals surface area (Å²) in [5.41, 5.74) is 2.00. The van der Waals surface area contributed by atoms with Crippen molar-refractivity contribution in [1.29, 1.82) is 0 Å². The molecule has 0 N–H and O–H groups in total. The van der Waals surface area contributed by atoms with Crippen LogP contribution in [0.5, 0.6) is 0 Å². The number of carbonyl (C=O) groups is 1. The van der Waals surface area contributed by atoms with Crippen molar-refractivity contribution in [2.45, 2.75) is 59.2 Å². The molecule has 1 fully saturated rings. The Balaban J connectivity index is 1.53. The van der Waals surface area contributed by atoms with E-state index in [1.165, 1.54) is 6.26 Å². The zero-order chi connectivity index (χ0) is 21.9. The summed E-state index contributed by atoms with van der Waals surface area (Å²) in [4.78, 5) is 18.7. The molecule has 1 aliphatic rings. The number of imidazole rings is 1. The number of rotatable bonds is 8. The molecule has 0 spiro atoms. The first-order valence-electron chi connectivity index (χ1n) is 10.4. The van der Waals surface area contributed by atoms with Crippen molar-refractivity contribution in [1.82, 2.24) is 28.5 Å². The van der Waals surface area contributed by atoms with Crippen molar-refractivity contribution in [3.63, 3.8) is 0 Å². The van der Waals surface area contributed by atoms with Crippen molar-refractivity contribution in [2.75, 3.05) is 25.9 Å². The summed E-state index contributed by atoms with van der Waals surface area (Å²) >= 11 is 0. The Hall–Kier alpha value is -2.20. The molecule has 0 radical (unpaired) electrons. The van der Waals surface area contributed by atoms with Crippen molar-refractivity contribution in [3.8, 4) is 0 Å². The number of sulfonamides is 1. The molecule has 166 valence electrons. The number of nitrogens with zero attached hydrogens (tertiary/aromatic N) is 6. The summed E-state index contributed by atoms with van der Waals surface area (Å²) in [7, 11) is -3.33. The Kier molecular flexibility index (Phi) is 6.97. The highest BCUT2D eigenvalue weighted by Crippen LogP contribution is 2.20. The molecule has 0 atom stereocenters. The van der Waals surface area contributed by atoms with Gasteiger partial charge in [0.1, 0.15) is 5.82 Å². The van der Waals surface area contributed by atoms with Gasteiger partial charge in [0.05, 0.1) is 11.9 Å². The molecule has 2 aromatic heterocycles. The molecule has 1 amide bonds. The van der Waals surface area contributed by atoms with Crippen molar-refractivity contribution in [2.24, 2.45) is 0 Å². The first-order valence-corrected chi connectivity index (χ1v) is 12.2. The number of piperidine rings is 1. The maximum atomic E-state index is 12.6. The monoisotopic (exact) mass is 436 g/mol. The maximum Gasteiger partial charge on any atom is 0.224 e. The second kappa shape index (κ2) is 9.30. The van der Waals surface area contributed by atoms with Crippen LogP contribution < -0.4 is 0 Å². The second-order valence-corrected chi connectivity index (χ2v) is 9.99. The van der Waals surface area contributed by atoms with E-state index in [0.717, 1.165) is 17.2 Å². The summed E-state index contributed by atoms with van der Waals surface area (Å²) in [5.74, 6) is 0.965. The number of likely N-dealkylation sites (tertiary alicyclic amines) is 1. The van der Waals surface area contributed by atoms with E-state index in [2.05, 4.69) is 10.1 Å². The molecule has 0 saturated carbocycles. The van der Waals surface area contributed by atoms with E-state index in [0.29, 0.717) is 52.0 Å². The van der Waals surface area contributed by atoms with Crippen LogP contribution in [0, 0.1) is 20.8 Å². The van der Waals surface area contributed by atoms with Crippen LogP contribution in [0.15, 0.2) is 18.5 Å². The normalized spacial score (nSPS) is 15.8. The van der Waals surface area contributed by atoms with Gasteiger partial charge in [-0.1, -0.05) is 0 Å². The predicted molar refractivity (Wildman–Crippen MR) is 114 cm³/mol. The van der Waals surface area contributed by atoms with E-state index in [1.807, 2.05) is 47.2 Å². The Morgan fingerprint density at radius 1 is 1.20 bits per heavy atom. The minimum absolute atomic E-state index is 0.0797. The number of aryl methyl sites for hydroxylation is 4. The van der Waals surface area contributed by atoms with Crippen molar-refractivity contribution >= 4 is 15.9 Å². The molecular weight excluding hydrogens is 404 g/mol.